The van der Waals surface area contributed by atoms with Crippen LogP contribution in [0.15, 0.2) is 18.2 Å². The fourth-order valence-corrected chi connectivity index (χ4v) is 2.23. The molecule has 1 heterocycles. The number of nitrogens with one attached hydrogen (secondary N) is 1. The van der Waals surface area contributed by atoms with Gasteiger partial charge in [0, 0.05) is 38.0 Å². The Morgan fingerprint density at radius 1 is 1.50 bits per heavy atom. The Morgan fingerprint density at radius 3 is 3.06 bits per heavy atom. The molecule has 2 rings (SSSR count). The Hall–Kier alpha value is -1.55. The van der Waals surface area contributed by atoms with Gasteiger partial charge in [-0.05, 0) is 37.1 Å². The highest BCUT2D eigenvalue weighted by molar-refractivity contribution is 5.95. The number of carbonyl (C=O) groups is 1. The Balaban J connectivity index is 2.12. The molecule has 1 aliphatic rings. The Bertz CT molecular complexity index is 432. The van der Waals surface area contributed by atoms with E-state index in [0.717, 1.165) is 24.2 Å². The van der Waals surface area contributed by atoms with E-state index >= 15 is 0 Å². The number of hydrogen-bond acceptors (Lipinski definition) is 3. The first-order chi connectivity index (χ1) is 8.76. The van der Waals surface area contributed by atoms with E-state index in [1.807, 2.05) is 30.0 Å². The van der Waals surface area contributed by atoms with Crippen molar-refractivity contribution in [2.45, 2.75) is 13.3 Å². The summed E-state index contributed by atoms with van der Waals surface area (Å²) in [5.74, 6) is 0.0873. The number of ether oxygens (including phenoxy) is 1. The number of carbonyl (C=O) groups excluding carboxylic acids is 1. The number of likely N-dealkylation sites (N-methyl/N-ethyl adjacent to an activating group) is 1. The molecule has 1 amide bonds. The zero-order valence-corrected chi connectivity index (χ0v) is 11.0. The predicted molar refractivity (Wildman–Crippen MR) is 72.1 cm³/mol. The Labute approximate surface area is 108 Å². The van der Waals surface area contributed by atoms with Crippen molar-refractivity contribution in [3.05, 3.63) is 29.3 Å². The lowest BCUT2D eigenvalue weighted by atomic mass is 10.1. The third-order valence-electron chi connectivity index (χ3n) is 3.30. The van der Waals surface area contributed by atoms with Crippen LogP contribution in [0.25, 0.3) is 0 Å². The molecule has 0 bridgehead atoms. The second-order valence-corrected chi connectivity index (χ2v) is 4.43. The molecule has 0 aliphatic carbocycles. The number of fused-ring (bicyclic) bond motifs is 1. The molecule has 4 heteroatoms. The largest absolute Gasteiger partial charge is 0.384 e. The van der Waals surface area contributed by atoms with Crippen LogP contribution in [0.2, 0.25) is 0 Å². The molecule has 98 valence electrons. The summed E-state index contributed by atoms with van der Waals surface area (Å²) >= 11 is 0. The van der Waals surface area contributed by atoms with Crippen molar-refractivity contribution in [1.29, 1.82) is 0 Å². The lowest BCUT2D eigenvalue weighted by Crippen LogP contribution is -2.33. The summed E-state index contributed by atoms with van der Waals surface area (Å²) in [4.78, 5) is 14.1. The molecule has 0 saturated carbocycles. The zero-order chi connectivity index (χ0) is 13.0. The van der Waals surface area contributed by atoms with E-state index < -0.39 is 0 Å². The number of methoxy groups -OCH3 is 1. The summed E-state index contributed by atoms with van der Waals surface area (Å²) in [6.07, 6.45) is 1.00. The fraction of sp³-hybridized carbons (Fsp3) is 0.500. The van der Waals surface area contributed by atoms with Gasteiger partial charge in [0.1, 0.15) is 0 Å². The van der Waals surface area contributed by atoms with E-state index in [9.17, 15) is 4.79 Å². The molecule has 0 fully saturated rings. The van der Waals surface area contributed by atoms with Crippen molar-refractivity contribution in [2.24, 2.45) is 0 Å². The van der Waals surface area contributed by atoms with E-state index in [1.54, 1.807) is 7.11 Å². The summed E-state index contributed by atoms with van der Waals surface area (Å²) in [5.41, 5.74) is 3.17. The van der Waals surface area contributed by atoms with Crippen LogP contribution < -0.4 is 5.32 Å². The van der Waals surface area contributed by atoms with Crippen LogP contribution in [0.4, 0.5) is 5.69 Å². The van der Waals surface area contributed by atoms with Gasteiger partial charge in [0.25, 0.3) is 5.91 Å². The topological polar surface area (TPSA) is 41.6 Å². The molecular formula is C14H20N2O2. The van der Waals surface area contributed by atoms with E-state index in [0.29, 0.717) is 19.7 Å². The van der Waals surface area contributed by atoms with E-state index in [-0.39, 0.29) is 5.91 Å². The van der Waals surface area contributed by atoms with Gasteiger partial charge >= 0.3 is 0 Å². The van der Waals surface area contributed by atoms with Gasteiger partial charge in [-0.3, -0.25) is 4.79 Å². The third-order valence-corrected chi connectivity index (χ3v) is 3.30. The molecule has 1 N–H and O–H groups in total. The van der Waals surface area contributed by atoms with Crippen LogP contribution in [-0.4, -0.2) is 44.2 Å². The maximum atomic E-state index is 12.3. The van der Waals surface area contributed by atoms with Crippen molar-refractivity contribution in [2.75, 3.05) is 38.7 Å². The minimum Gasteiger partial charge on any atom is -0.384 e. The van der Waals surface area contributed by atoms with E-state index in [2.05, 4.69) is 5.32 Å². The van der Waals surface area contributed by atoms with Gasteiger partial charge < -0.3 is 15.0 Å². The molecule has 1 aliphatic heterocycles. The van der Waals surface area contributed by atoms with E-state index in [1.165, 1.54) is 5.56 Å². The summed E-state index contributed by atoms with van der Waals surface area (Å²) < 4.78 is 5.03. The van der Waals surface area contributed by atoms with Crippen molar-refractivity contribution in [1.82, 2.24) is 4.90 Å². The third kappa shape index (κ3) is 2.64. The van der Waals surface area contributed by atoms with Crippen LogP contribution >= 0.6 is 0 Å². The van der Waals surface area contributed by atoms with Gasteiger partial charge in [-0.15, -0.1) is 0 Å². The molecule has 1 aromatic carbocycles. The van der Waals surface area contributed by atoms with Crippen molar-refractivity contribution < 1.29 is 9.53 Å². The monoisotopic (exact) mass is 248 g/mol. The van der Waals surface area contributed by atoms with Gasteiger partial charge in [-0.25, -0.2) is 0 Å². The molecule has 4 nitrogen and oxygen atoms in total. The second kappa shape index (κ2) is 5.87. The average Bonchev–Trinajstić information content (AvgIpc) is 2.86. The summed E-state index contributed by atoms with van der Waals surface area (Å²) in [6.45, 7) is 4.88. The first-order valence-electron chi connectivity index (χ1n) is 6.41. The average molecular weight is 248 g/mol. The quantitative estimate of drug-likeness (QED) is 0.863. The van der Waals surface area contributed by atoms with Crippen LogP contribution in [0.5, 0.6) is 0 Å². The molecule has 0 saturated heterocycles. The number of anilines is 1. The van der Waals surface area contributed by atoms with Crippen LogP contribution in [0.1, 0.15) is 22.8 Å². The number of amides is 1. The maximum absolute atomic E-state index is 12.3. The van der Waals surface area contributed by atoms with E-state index in [4.69, 9.17) is 4.74 Å². The Morgan fingerprint density at radius 2 is 2.33 bits per heavy atom. The minimum atomic E-state index is 0.0873. The second-order valence-electron chi connectivity index (χ2n) is 4.43. The SMILES string of the molecule is CCN(CCOC)C(=O)c1ccc2c(c1)CCN2. The first-order valence-corrected chi connectivity index (χ1v) is 6.41. The molecule has 1 aromatic rings. The number of benzene rings is 1. The van der Waals surface area contributed by atoms with Crippen LogP contribution in [0.3, 0.4) is 0 Å². The zero-order valence-electron chi connectivity index (χ0n) is 11.0. The maximum Gasteiger partial charge on any atom is 0.253 e. The number of nitrogens with zero attached hydrogens (tertiary/aromatic N) is 1. The molecule has 0 unspecified atom stereocenters. The number of rotatable bonds is 5. The standard InChI is InChI=1S/C14H20N2O2/c1-3-16(8-9-18-2)14(17)12-4-5-13-11(10-12)6-7-15-13/h4-5,10,15H,3,6-9H2,1-2H3. The molecular weight excluding hydrogens is 228 g/mol. The molecule has 0 aromatic heterocycles. The predicted octanol–water partition coefficient (Wildman–Crippen LogP) is 1.76. The highest BCUT2D eigenvalue weighted by atomic mass is 16.5. The smallest absolute Gasteiger partial charge is 0.253 e. The van der Waals surface area contributed by atoms with Gasteiger partial charge in [-0.2, -0.15) is 0 Å². The van der Waals surface area contributed by atoms with Gasteiger partial charge in [0.05, 0.1) is 6.61 Å². The summed E-state index contributed by atoms with van der Waals surface area (Å²) in [5, 5.41) is 3.30. The lowest BCUT2D eigenvalue weighted by Gasteiger charge is -2.20. The molecule has 0 spiro atoms. The highest BCUT2D eigenvalue weighted by Crippen LogP contribution is 2.23. The molecule has 18 heavy (non-hydrogen) atoms. The molecule has 0 radical (unpaired) electrons. The minimum absolute atomic E-state index is 0.0873. The van der Waals surface area contributed by atoms with Crippen LogP contribution in [0, 0.1) is 0 Å². The fourth-order valence-electron chi connectivity index (χ4n) is 2.23. The summed E-state index contributed by atoms with van der Waals surface area (Å²) in [6, 6.07) is 5.90. The van der Waals surface area contributed by atoms with Gasteiger partial charge in [-0.1, -0.05) is 0 Å². The first kappa shape index (κ1) is 12.9. The normalized spacial score (nSPS) is 13.0. The van der Waals surface area contributed by atoms with Crippen molar-refractivity contribution in [3.63, 3.8) is 0 Å². The van der Waals surface area contributed by atoms with Crippen molar-refractivity contribution >= 4 is 11.6 Å². The number of hydrogen-bond donors (Lipinski definition) is 1. The van der Waals surface area contributed by atoms with Crippen molar-refractivity contribution in [3.8, 4) is 0 Å². The molecule has 0 atom stereocenters. The highest BCUT2D eigenvalue weighted by Gasteiger charge is 2.17. The van der Waals surface area contributed by atoms with Crippen LogP contribution in [-0.2, 0) is 11.2 Å². The summed E-state index contributed by atoms with van der Waals surface area (Å²) in [7, 11) is 1.65. The van der Waals surface area contributed by atoms with Gasteiger partial charge in [0.15, 0.2) is 0 Å². The Kier molecular flexibility index (Phi) is 4.20. The van der Waals surface area contributed by atoms with Gasteiger partial charge in [0.2, 0.25) is 0 Å². The lowest BCUT2D eigenvalue weighted by molar-refractivity contribution is 0.0706.